The first-order valence-electron chi connectivity index (χ1n) is 6.76. The number of rotatable bonds is 6. The lowest BCUT2D eigenvalue weighted by molar-refractivity contribution is -0.127. The van der Waals surface area contributed by atoms with Gasteiger partial charge in [-0.2, -0.15) is 0 Å². The molecular formula is C15H23ClN2O. The van der Waals surface area contributed by atoms with Gasteiger partial charge in [0.2, 0.25) is 5.91 Å². The minimum Gasteiger partial charge on any atom is -0.352 e. The van der Waals surface area contributed by atoms with Gasteiger partial charge in [0, 0.05) is 11.1 Å². The number of hydrogen-bond donors (Lipinski definition) is 2. The lowest BCUT2D eigenvalue weighted by Crippen LogP contribution is -2.55. The van der Waals surface area contributed by atoms with Crippen LogP contribution in [0.3, 0.4) is 0 Å². The molecule has 1 unspecified atom stereocenters. The number of nitrogens with two attached hydrogens (primary N) is 1. The van der Waals surface area contributed by atoms with Gasteiger partial charge in [0.25, 0.3) is 0 Å². The average Bonchev–Trinajstić information content (AvgIpc) is 2.40. The highest BCUT2D eigenvalue weighted by Crippen LogP contribution is 2.17. The molecule has 3 N–H and O–H groups in total. The van der Waals surface area contributed by atoms with Gasteiger partial charge in [-0.15, -0.1) is 0 Å². The fraction of sp³-hybridized carbons (Fsp3) is 0.533. The van der Waals surface area contributed by atoms with Gasteiger partial charge in [-0.3, -0.25) is 4.79 Å². The Balaban J connectivity index is 2.63. The topological polar surface area (TPSA) is 55.1 Å². The fourth-order valence-electron chi connectivity index (χ4n) is 1.98. The highest BCUT2D eigenvalue weighted by atomic mass is 35.5. The number of nitrogens with one attached hydrogen (secondary N) is 1. The highest BCUT2D eigenvalue weighted by Gasteiger charge is 2.30. The Kier molecular flexibility index (Phi) is 5.83. The molecule has 0 aliphatic carbocycles. The summed E-state index contributed by atoms with van der Waals surface area (Å²) in [6.07, 6.45) is 1.97. The maximum absolute atomic E-state index is 12.1. The molecule has 1 aromatic rings. The van der Waals surface area contributed by atoms with E-state index in [4.69, 9.17) is 17.3 Å². The van der Waals surface area contributed by atoms with Crippen molar-refractivity contribution in [3.8, 4) is 0 Å². The normalized spacial score (nSPS) is 13.1. The van der Waals surface area contributed by atoms with Crippen LogP contribution in [0.2, 0.25) is 5.02 Å². The van der Waals surface area contributed by atoms with Crippen LogP contribution in [0.1, 0.15) is 39.2 Å². The van der Waals surface area contributed by atoms with Crippen LogP contribution >= 0.6 is 11.6 Å². The lowest BCUT2D eigenvalue weighted by Gasteiger charge is -2.27. The molecule has 0 heterocycles. The van der Waals surface area contributed by atoms with E-state index in [-0.39, 0.29) is 11.9 Å². The van der Waals surface area contributed by atoms with Crippen LogP contribution in [-0.4, -0.2) is 17.5 Å². The average molecular weight is 283 g/mol. The molecule has 0 fully saturated rings. The van der Waals surface area contributed by atoms with Gasteiger partial charge in [0.05, 0.1) is 5.54 Å². The number of amides is 1. The smallest absolute Gasteiger partial charge is 0.240 e. The first-order chi connectivity index (χ1) is 8.92. The van der Waals surface area contributed by atoms with Crippen LogP contribution in [0.15, 0.2) is 24.3 Å². The summed E-state index contributed by atoms with van der Waals surface area (Å²) in [6, 6.07) is 7.68. The summed E-state index contributed by atoms with van der Waals surface area (Å²) in [5.41, 5.74) is 6.34. The summed E-state index contributed by atoms with van der Waals surface area (Å²) in [5, 5.41) is 3.71. The van der Waals surface area contributed by atoms with Crippen LogP contribution in [0, 0.1) is 0 Å². The first kappa shape index (κ1) is 16.0. The molecule has 1 atom stereocenters. The number of carbonyl (C=O) groups is 1. The van der Waals surface area contributed by atoms with Gasteiger partial charge in [0.1, 0.15) is 0 Å². The Bertz CT molecular complexity index is 430. The summed E-state index contributed by atoms with van der Waals surface area (Å²) < 4.78 is 0. The number of carbonyl (C=O) groups excluding carboxylic acids is 1. The Morgan fingerprint density at radius 1 is 1.37 bits per heavy atom. The zero-order valence-electron chi connectivity index (χ0n) is 11.9. The molecule has 0 saturated carbocycles. The quantitative estimate of drug-likeness (QED) is 0.843. The summed E-state index contributed by atoms with van der Waals surface area (Å²) in [6.45, 7) is 5.83. The van der Waals surface area contributed by atoms with Gasteiger partial charge in [-0.05, 0) is 37.8 Å². The Hall–Kier alpha value is -1.06. The van der Waals surface area contributed by atoms with E-state index in [0.717, 1.165) is 10.6 Å². The van der Waals surface area contributed by atoms with E-state index in [9.17, 15) is 4.79 Å². The van der Waals surface area contributed by atoms with Gasteiger partial charge < -0.3 is 11.1 Å². The third-order valence-electron chi connectivity index (χ3n) is 3.58. The summed E-state index contributed by atoms with van der Waals surface area (Å²) in [7, 11) is 0. The number of halogens is 1. The molecule has 4 heteroatoms. The molecule has 106 valence electrons. The molecule has 19 heavy (non-hydrogen) atoms. The molecule has 3 nitrogen and oxygen atoms in total. The van der Waals surface area contributed by atoms with E-state index in [2.05, 4.69) is 5.32 Å². The Labute approximate surface area is 120 Å². The van der Waals surface area contributed by atoms with Crippen LogP contribution in [-0.2, 0) is 11.2 Å². The predicted molar refractivity (Wildman–Crippen MR) is 80.3 cm³/mol. The van der Waals surface area contributed by atoms with Crippen LogP contribution < -0.4 is 11.1 Å². The van der Waals surface area contributed by atoms with E-state index in [0.29, 0.717) is 19.3 Å². The highest BCUT2D eigenvalue weighted by molar-refractivity contribution is 6.31. The molecule has 0 aliphatic heterocycles. The molecule has 0 radical (unpaired) electrons. The molecule has 1 rings (SSSR count). The van der Waals surface area contributed by atoms with Crippen LogP contribution in [0.5, 0.6) is 0 Å². The van der Waals surface area contributed by atoms with E-state index in [1.165, 1.54) is 0 Å². The Morgan fingerprint density at radius 2 is 1.95 bits per heavy atom. The minimum atomic E-state index is -0.769. The number of benzene rings is 1. The molecule has 0 saturated heterocycles. The minimum absolute atomic E-state index is 0.00780. The first-order valence-corrected chi connectivity index (χ1v) is 7.14. The van der Waals surface area contributed by atoms with Crippen molar-refractivity contribution in [2.24, 2.45) is 5.73 Å². The molecule has 0 bridgehead atoms. The number of hydrogen-bond acceptors (Lipinski definition) is 2. The maximum Gasteiger partial charge on any atom is 0.240 e. The van der Waals surface area contributed by atoms with Crippen molar-refractivity contribution in [2.45, 2.75) is 51.6 Å². The fourth-order valence-corrected chi connectivity index (χ4v) is 2.20. The SMILES string of the molecule is CCC(N)(CC)C(=O)NC(C)Cc1ccccc1Cl. The van der Waals surface area contributed by atoms with E-state index in [1.807, 2.05) is 45.0 Å². The molecule has 1 amide bonds. The van der Waals surface area contributed by atoms with Crippen molar-refractivity contribution < 1.29 is 4.79 Å². The third kappa shape index (κ3) is 4.22. The van der Waals surface area contributed by atoms with Crippen molar-refractivity contribution in [3.63, 3.8) is 0 Å². The predicted octanol–water partition coefficient (Wildman–Crippen LogP) is 2.90. The van der Waals surface area contributed by atoms with Crippen LogP contribution in [0.25, 0.3) is 0 Å². The molecule has 1 aromatic carbocycles. The zero-order valence-corrected chi connectivity index (χ0v) is 12.6. The second kappa shape index (κ2) is 6.92. The standard InChI is InChI=1S/C15H23ClN2O/c1-4-15(17,5-2)14(19)18-11(3)10-12-8-6-7-9-13(12)16/h6-9,11H,4-5,10,17H2,1-3H3,(H,18,19). The third-order valence-corrected chi connectivity index (χ3v) is 3.94. The van der Waals surface area contributed by atoms with Crippen molar-refractivity contribution in [2.75, 3.05) is 0 Å². The van der Waals surface area contributed by atoms with Crippen molar-refractivity contribution in [1.29, 1.82) is 0 Å². The maximum atomic E-state index is 12.1. The van der Waals surface area contributed by atoms with Gasteiger partial charge in [0.15, 0.2) is 0 Å². The molecular weight excluding hydrogens is 260 g/mol. The second-order valence-electron chi connectivity index (χ2n) is 5.03. The Morgan fingerprint density at radius 3 is 2.47 bits per heavy atom. The van der Waals surface area contributed by atoms with Gasteiger partial charge >= 0.3 is 0 Å². The zero-order chi connectivity index (χ0) is 14.5. The summed E-state index contributed by atoms with van der Waals surface area (Å²) >= 11 is 6.11. The van der Waals surface area contributed by atoms with Crippen molar-refractivity contribution >= 4 is 17.5 Å². The molecule has 0 aromatic heterocycles. The van der Waals surface area contributed by atoms with E-state index >= 15 is 0 Å². The van der Waals surface area contributed by atoms with Crippen molar-refractivity contribution in [1.82, 2.24) is 5.32 Å². The second-order valence-corrected chi connectivity index (χ2v) is 5.44. The largest absolute Gasteiger partial charge is 0.352 e. The van der Waals surface area contributed by atoms with E-state index in [1.54, 1.807) is 0 Å². The van der Waals surface area contributed by atoms with Crippen molar-refractivity contribution in [3.05, 3.63) is 34.9 Å². The lowest BCUT2D eigenvalue weighted by atomic mass is 9.92. The summed E-state index contributed by atoms with van der Waals surface area (Å²) in [5.74, 6) is -0.0861. The molecule has 0 spiro atoms. The molecule has 0 aliphatic rings. The summed E-state index contributed by atoms with van der Waals surface area (Å²) in [4.78, 5) is 12.1. The monoisotopic (exact) mass is 282 g/mol. The van der Waals surface area contributed by atoms with E-state index < -0.39 is 5.54 Å². The van der Waals surface area contributed by atoms with Gasteiger partial charge in [-0.25, -0.2) is 0 Å². The van der Waals surface area contributed by atoms with Crippen LogP contribution in [0.4, 0.5) is 0 Å². The van der Waals surface area contributed by atoms with Gasteiger partial charge in [-0.1, -0.05) is 43.6 Å².